The predicted octanol–water partition coefficient (Wildman–Crippen LogP) is 1.18. The molecule has 0 radical (unpaired) electrons. The molecule has 2 fully saturated rings. The Kier molecular flexibility index (Phi) is 2.61. The van der Waals surface area contributed by atoms with E-state index in [2.05, 4.69) is 31.1 Å². The molecule has 2 aliphatic heterocycles. The van der Waals surface area contributed by atoms with Crippen LogP contribution in [0, 0.1) is 17.8 Å². The lowest BCUT2D eigenvalue weighted by Crippen LogP contribution is -2.32. The highest BCUT2D eigenvalue weighted by molar-refractivity contribution is 4.97. The van der Waals surface area contributed by atoms with Crippen molar-refractivity contribution in [1.82, 2.24) is 10.2 Å². The largest absolute Gasteiger partial charge is 0.313 e. The first-order valence-electron chi connectivity index (χ1n) is 5.58. The average molecular weight is 182 g/mol. The molecule has 3 atom stereocenters. The zero-order valence-corrected chi connectivity index (χ0v) is 9.09. The molecule has 2 heterocycles. The van der Waals surface area contributed by atoms with E-state index in [-0.39, 0.29) is 0 Å². The Balaban J connectivity index is 1.93. The maximum atomic E-state index is 3.68. The summed E-state index contributed by atoms with van der Waals surface area (Å²) in [6.45, 7) is 8.54. The molecule has 0 bridgehead atoms. The number of hydrogen-bond donors (Lipinski definition) is 1. The topological polar surface area (TPSA) is 15.3 Å². The first kappa shape index (κ1) is 9.47. The maximum absolute atomic E-state index is 3.68. The van der Waals surface area contributed by atoms with Crippen molar-refractivity contribution >= 4 is 0 Å². The number of nitrogens with zero attached hydrogens (tertiary/aromatic N) is 1. The minimum absolute atomic E-state index is 0.801. The van der Waals surface area contributed by atoms with Gasteiger partial charge in [0, 0.05) is 19.1 Å². The van der Waals surface area contributed by atoms with Gasteiger partial charge >= 0.3 is 0 Å². The van der Waals surface area contributed by atoms with Crippen LogP contribution in [0.4, 0.5) is 0 Å². The van der Waals surface area contributed by atoms with Crippen molar-refractivity contribution in [3.8, 4) is 0 Å². The summed E-state index contributed by atoms with van der Waals surface area (Å²) < 4.78 is 0. The normalized spacial score (nSPS) is 40.2. The summed E-state index contributed by atoms with van der Waals surface area (Å²) in [5, 5.41) is 3.68. The van der Waals surface area contributed by atoms with Crippen molar-refractivity contribution < 1.29 is 0 Å². The fourth-order valence-corrected chi connectivity index (χ4v) is 3.01. The van der Waals surface area contributed by atoms with Gasteiger partial charge in [0.15, 0.2) is 0 Å². The van der Waals surface area contributed by atoms with Crippen molar-refractivity contribution in [3.05, 3.63) is 0 Å². The predicted molar refractivity (Wildman–Crippen MR) is 55.7 cm³/mol. The van der Waals surface area contributed by atoms with Gasteiger partial charge < -0.3 is 10.2 Å². The SMILES string of the molecule is CC(C)CC1NCC2CN(C)CC21. The Morgan fingerprint density at radius 3 is 2.85 bits per heavy atom. The smallest absolute Gasteiger partial charge is 0.0114 e. The van der Waals surface area contributed by atoms with Crippen molar-refractivity contribution in [2.75, 3.05) is 26.7 Å². The molecule has 2 heteroatoms. The Labute approximate surface area is 81.7 Å². The van der Waals surface area contributed by atoms with E-state index in [0.717, 1.165) is 23.8 Å². The second kappa shape index (κ2) is 3.58. The minimum atomic E-state index is 0.801. The number of rotatable bonds is 2. The molecule has 0 spiro atoms. The molecule has 0 aromatic heterocycles. The first-order chi connectivity index (χ1) is 6.16. The Morgan fingerprint density at radius 1 is 1.38 bits per heavy atom. The number of fused-ring (bicyclic) bond motifs is 1. The van der Waals surface area contributed by atoms with Gasteiger partial charge in [0.1, 0.15) is 0 Å². The molecule has 1 N–H and O–H groups in total. The van der Waals surface area contributed by atoms with Crippen LogP contribution in [0.3, 0.4) is 0 Å². The van der Waals surface area contributed by atoms with Gasteiger partial charge in [0.25, 0.3) is 0 Å². The Hall–Kier alpha value is -0.0800. The van der Waals surface area contributed by atoms with Gasteiger partial charge in [-0.1, -0.05) is 13.8 Å². The summed E-state index contributed by atoms with van der Waals surface area (Å²) in [5.41, 5.74) is 0. The minimum Gasteiger partial charge on any atom is -0.313 e. The van der Waals surface area contributed by atoms with Crippen molar-refractivity contribution in [2.45, 2.75) is 26.3 Å². The van der Waals surface area contributed by atoms with Crippen LogP contribution < -0.4 is 5.32 Å². The summed E-state index contributed by atoms with van der Waals surface area (Å²) >= 11 is 0. The molecular formula is C11H22N2. The third kappa shape index (κ3) is 1.89. The Bertz CT molecular complexity index is 179. The van der Waals surface area contributed by atoms with Gasteiger partial charge in [-0.25, -0.2) is 0 Å². The highest BCUT2D eigenvalue weighted by Gasteiger charge is 2.40. The lowest BCUT2D eigenvalue weighted by atomic mass is 9.89. The second-order valence-electron chi connectivity index (χ2n) is 5.29. The molecule has 2 aliphatic rings. The fraction of sp³-hybridized carbons (Fsp3) is 1.00. The molecule has 76 valence electrons. The summed E-state index contributed by atoms with van der Waals surface area (Å²) in [5.74, 6) is 2.71. The van der Waals surface area contributed by atoms with Gasteiger partial charge in [-0.3, -0.25) is 0 Å². The third-order valence-corrected chi connectivity index (χ3v) is 3.56. The van der Waals surface area contributed by atoms with E-state index in [4.69, 9.17) is 0 Å². The summed E-state index contributed by atoms with van der Waals surface area (Å²) in [6, 6.07) is 0.801. The number of likely N-dealkylation sites (tertiary alicyclic amines) is 1. The summed E-state index contributed by atoms with van der Waals surface area (Å²) in [7, 11) is 2.25. The van der Waals surface area contributed by atoms with Gasteiger partial charge in [0.05, 0.1) is 0 Å². The van der Waals surface area contributed by atoms with E-state index in [1.54, 1.807) is 0 Å². The zero-order valence-electron chi connectivity index (χ0n) is 9.09. The number of hydrogen-bond acceptors (Lipinski definition) is 2. The fourth-order valence-electron chi connectivity index (χ4n) is 3.01. The van der Waals surface area contributed by atoms with E-state index in [1.165, 1.54) is 26.1 Å². The summed E-state index contributed by atoms with van der Waals surface area (Å²) in [4.78, 5) is 2.49. The molecule has 0 aliphatic carbocycles. The molecule has 0 saturated carbocycles. The molecule has 13 heavy (non-hydrogen) atoms. The lowest BCUT2D eigenvalue weighted by Gasteiger charge is -2.20. The first-order valence-corrected chi connectivity index (χ1v) is 5.58. The van der Waals surface area contributed by atoms with Gasteiger partial charge in [0.2, 0.25) is 0 Å². The summed E-state index contributed by atoms with van der Waals surface area (Å²) in [6.07, 6.45) is 1.36. The van der Waals surface area contributed by atoms with Crippen LogP contribution in [0.15, 0.2) is 0 Å². The molecule has 2 rings (SSSR count). The molecular weight excluding hydrogens is 160 g/mol. The van der Waals surface area contributed by atoms with Crippen LogP contribution >= 0.6 is 0 Å². The Morgan fingerprint density at radius 2 is 2.15 bits per heavy atom. The molecule has 0 amide bonds. The molecule has 2 nitrogen and oxygen atoms in total. The third-order valence-electron chi connectivity index (χ3n) is 3.56. The molecule has 2 saturated heterocycles. The van der Waals surface area contributed by atoms with Gasteiger partial charge in [-0.2, -0.15) is 0 Å². The maximum Gasteiger partial charge on any atom is 0.0114 e. The molecule has 0 aromatic carbocycles. The van der Waals surface area contributed by atoms with E-state index < -0.39 is 0 Å². The van der Waals surface area contributed by atoms with Crippen LogP contribution in [0.1, 0.15) is 20.3 Å². The molecule has 3 unspecified atom stereocenters. The van der Waals surface area contributed by atoms with E-state index in [1.807, 2.05) is 0 Å². The van der Waals surface area contributed by atoms with Gasteiger partial charge in [-0.15, -0.1) is 0 Å². The van der Waals surface area contributed by atoms with Crippen LogP contribution in [0.5, 0.6) is 0 Å². The average Bonchev–Trinajstić information content (AvgIpc) is 2.51. The molecule has 0 aromatic rings. The van der Waals surface area contributed by atoms with E-state index in [9.17, 15) is 0 Å². The monoisotopic (exact) mass is 182 g/mol. The van der Waals surface area contributed by atoms with Crippen LogP contribution in [-0.2, 0) is 0 Å². The van der Waals surface area contributed by atoms with Crippen molar-refractivity contribution in [2.24, 2.45) is 17.8 Å². The highest BCUT2D eigenvalue weighted by Crippen LogP contribution is 2.32. The number of nitrogens with one attached hydrogen (secondary N) is 1. The van der Waals surface area contributed by atoms with E-state index >= 15 is 0 Å². The van der Waals surface area contributed by atoms with Crippen molar-refractivity contribution in [1.29, 1.82) is 0 Å². The second-order valence-corrected chi connectivity index (χ2v) is 5.29. The quantitative estimate of drug-likeness (QED) is 0.690. The highest BCUT2D eigenvalue weighted by atomic mass is 15.2. The van der Waals surface area contributed by atoms with E-state index in [0.29, 0.717) is 0 Å². The van der Waals surface area contributed by atoms with Gasteiger partial charge in [-0.05, 0) is 37.8 Å². The zero-order chi connectivity index (χ0) is 9.42. The van der Waals surface area contributed by atoms with Crippen LogP contribution in [-0.4, -0.2) is 37.6 Å². The van der Waals surface area contributed by atoms with Crippen molar-refractivity contribution in [3.63, 3.8) is 0 Å². The lowest BCUT2D eigenvalue weighted by molar-refractivity contribution is 0.331. The van der Waals surface area contributed by atoms with Crippen LogP contribution in [0.25, 0.3) is 0 Å². The van der Waals surface area contributed by atoms with Crippen LogP contribution in [0.2, 0.25) is 0 Å². The standard InChI is InChI=1S/C11H22N2/c1-8(2)4-11-10-7-13(3)6-9(10)5-12-11/h8-12H,4-7H2,1-3H3.